The standard InChI is InChI=1S/C21H23ClFNO2/c1-26-11-9-15-4-3-10-24(14-15)21(25)18-6-2-5-16(12-18)17-7-8-20(23)19(22)13-17/h2,5-8,12-13,15H,3-4,9-11,14H2,1H3/t15-/m0/s1. The summed E-state index contributed by atoms with van der Waals surface area (Å²) < 4.78 is 18.6. The fourth-order valence-electron chi connectivity index (χ4n) is 3.46. The van der Waals surface area contributed by atoms with E-state index in [1.54, 1.807) is 19.2 Å². The van der Waals surface area contributed by atoms with E-state index in [2.05, 4.69) is 0 Å². The number of benzene rings is 2. The predicted molar refractivity (Wildman–Crippen MR) is 102 cm³/mol. The van der Waals surface area contributed by atoms with Crippen molar-refractivity contribution in [1.29, 1.82) is 0 Å². The quantitative estimate of drug-likeness (QED) is 0.733. The second kappa shape index (κ2) is 8.65. The Labute approximate surface area is 158 Å². The molecule has 5 heteroatoms. The molecule has 2 aromatic carbocycles. The van der Waals surface area contributed by atoms with Gasteiger partial charge in [0, 0.05) is 32.4 Å². The highest BCUT2D eigenvalue weighted by atomic mass is 35.5. The summed E-state index contributed by atoms with van der Waals surface area (Å²) in [6, 6.07) is 12.0. The van der Waals surface area contributed by atoms with Crippen LogP contribution in [0.1, 0.15) is 29.6 Å². The molecule has 26 heavy (non-hydrogen) atoms. The lowest BCUT2D eigenvalue weighted by Gasteiger charge is -2.33. The molecular weight excluding hydrogens is 353 g/mol. The van der Waals surface area contributed by atoms with Gasteiger partial charge in [0.2, 0.25) is 0 Å². The summed E-state index contributed by atoms with van der Waals surface area (Å²) in [6.07, 6.45) is 3.14. The number of methoxy groups -OCH3 is 1. The average molecular weight is 376 g/mol. The van der Waals surface area contributed by atoms with Crippen molar-refractivity contribution in [3.05, 3.63) is 58.9 Å². The first-order chi connectivity index (χ1) is 12.6. The number of amides is 1. The molecule has 2 aromatic rings. The molecule has 138 valence electrons. The Morgan fingerprint density at radius 1 is 1.27 bits per heavy atom. The van der Waals surface area contributed by atoms with Crippen molar-refractivity contribution in [2.45, 2.75) is 19.3 Å². The molecular formula is C21H23ClFNO2. The van der Waals surface area contributed by atoms with Gasteiger partial charge in [0.15, 0.2) is 0 Å². The van der Waals surface area contributed by atoms with E-state index in [0.29, 0.717) is 11.5 Å². The summed E-state index contributed by atoms with van der Waals surface area (Å²) in [6.45, 7) is 2.29. The average Bonchev–Trinajstić information content (AvgIpc) is 2.68. The van der Waals surface area contributed by atoms with Crippen molar-refractivity contribution in [3.8, 4) is 11.1 Å². The lowest BCUT2D eigenvalue weighted by molar-refractivity contribution is 0.0642. The second-order valence-corrected chi connectivity index (χ2v) is 7.16. The maximum absolute atomic E-state index is 13.4. The second-order valence-electron chi connectivity index (χ2n) is 6.75. The molecule has 0 N–H and O–H groups in total. The first kappa shape index (κ1) is 18.9. The molecule has 1 aliphatic rings. The molecule has 1 fully saturated rings. The maximum atomic E-state index is 13.4. The van der Waals surface area contributed by atoms with Crippen LogP contribution in [0.4, 0.5) is 4.39 Å². The fraction of sp³-hybridized carbons (Fsp3) is 0.381. The van der Waals surface area contributed by atoms with Gasteiger partial charge in [0.05, 0.1) is 5.02 Å². The Balaban J connectivity index is 1.76. The van der Waals surface area contributed by atoms with Crippen LogP contribution in [0.3, 0.4) is 0 Å². The number of piperidine rings is 1. The molecule has 0 unspecified atom stereocenters. The van der Waals surface area contributed by atoms with Gasteiger partial charge in [-0.1, -0.05) is 29.8 Å². The van der Waals surface area contributed by atoms with Crippen LogP contribution in [-0.4, -0.2) is 37.6 Å². The SMILES string of the molecule is COCC[C@@H]1CCCN(C(=O)c2cccc(-c3ccc(F)c(Cl)c3)c2)C1. The van der Waals surface area contributed by atoms with Crippen molar-refractivity contribution in [3.63, 3.8) is 0 Å². The van der Waals surface area contributed by atoms with E-state index in [4.69, 9.17) is 16.3 Å². The van der Waals surface area contributed by atoms with Crippen LogP contribution in [0.15, 0.2) is 42.5 Å². The topological polar surface area (TPSA) is 29.5 Å². The minimum Gasteiger partial charge on any atom is -0.385 e. The fourth-order valence-corrected chi connectivity index (χ4v) is 3.64. The summed E-state index contributed by atoms with van der Waals surface area (Å²) in [5.41, 5.74) is 2.30. The molecule has 0 spiro atoms. The molecule has 0 saturated carbocycles. The molecule has 0 radical (unpaired) electrons. The van der Waals surface area contributed by atoms with Crippen molar-refractivity contribution in [2.24, 2.45) is 5.92 Å². The number of carbonyl (C=O) groups excluding carboxylic acids is 1. The van der Waals surface area contributed by atoms with Crippen LogP contribution in [0.25, 0.3) is 11.1 Å². The lowest BCUT2D eigenvalue weighted by atomic mass is 9.94. The molecule has 1 amide bonds. The number of carbonyl (C=O) groups is 1. The van der Waals surface area contributed by atoms with Crippen LogP contribution in [0.5, 0.6) is 0 Å². The normalized spacial score (nSPS) is 17.3. The van der Waals surface area contributed by atoms with Gasteiger partial charge >= 0.3 is 0 Å². The zero-order chi connectivity index (χ0) is 18.5. The monoisotopic (exact) mass is 375 g/mol. The van der Waals surface area contributed by atoms with Gasteiger partial charge in [-0.25, -0.2) is 4.39 Å². The largest absolute Gasteiger partial charge is 0.385 e. The summed E-state index contributed by atoms with van der Waals surface area (Å²) in [7, 11) is 1.71. The van der Waals surface area contributed by atoms with Crippen molar-refractivity contribution in [1.82, 2.24) is 4.90 Å². The minimum atomic E-state index is -0.446. The third-order valence-corrected chi connectivity index (χ3v) is 5.19. The van der Waals surface area contributed by atoms with Gasteiger partial charge in [-0.15, -0.1) is 0 Å². The zero-order valence-electron chi connectivity index (χ0n) is 14.9. The summed E-state index contributed by atoms with van der Waals surface area (Å²) in [5.74, 6) is 0.0898. The van der Waals surface area contributed by atoms with Crippen molar-refractivity contribution in [2.75, 3.05) is 26.8 Å². The number of nitrogens with zero attached hydrogens (tertiary/aromatic N) is 1. The van der Waals surface area contributed by atoms with E-state index in [1.165, 1.54) is 6.07 Å². The van der Waals surface area contributed by atoms with E-state index >= 15 is 0 Å². The number of hydrogen-bond donors (Lipinski definition) is 0. The van der Waals surface area contributed by atoms with Gasteiger partial charge in [-0.05, 0) is 60.6 Å². The Hall–Kier alpha value is -1.91. The molecule has 0 bridgehead atoms. The number of rotatable bonds is 5. The highest BCUT2D eigenvalue weighted by Crippen LogP contribution is 2.27. The highest BCUT2D eigenvalue weighted by molar-refractivity contribution is 6.31. The maximum Gasteiger partial charge on any atom is 0.253 e. The lowest BCUT2D eigenvalue weighted by Crippen LogP contribution is -2.40. The van der Waals surface area contributed by atoms with Crippen LogP contribution >= 0.6 is 11.6 Å². The molecule has 0 aromatic heterocycles. The number of likely N-dealkylation sites (tertiary alicyclic amines) is 1. The van der Waals surface area contributed by atoms with Gasteiger partial charge < -0.3 is 9.64 Å². The van der Waals surface area contributed by atoms with E-state index in [-0.39, 0.29) is 10.9 Å². The molecule has 1 saturated heterocycles. The Morgan fingerprint density at radius 2 is 2.08 bits per heavy atom. The Kier molecular flexibility index (Phi) is 6.28. The van der Waals surface area contributed by atoms with E-state index in [1.807, 2.05) is 29.2 Å². The summed E-state index contributed by atoms with van der Waals surface area (Å²) in [4.78, 5) is 14.9. The van der Waals surface area contributed by atoms with Crippen LogP contribution in [0.2, 0.25) is 5.02 Å². The van der Waals surface area contributed by atoms with Crippen LogP contribution in [-0.2, 0) is 4.74 Å². The van der Waals surface area contributed by atoms with Gasteiger partial charge in [-0.2, -0.15) is 0 Å². The first-order valence-corrected chi connectivity index (χ1v) is 9.30. The van der Waals surface area contributed by atoms with Gasteiger partial charge in [-0.3, -0.25) is 4.79 Å². The molecule has 1 aliphatic heterocycles. The van der Waals surface area contributed by atoms with E-state index < -0.39 is 5.82 Å². The molecule has 1 atom stereocenters. The number of hydrogen-bond acceptors (Lipinski definition) is 2. The molecule has 3 nitrogen and oxygen atoms in total. The third kappa shape index (κ3) is 4.43. The third-order valence-electron chi connectivity index (χ3n) is 4.90. The molecule has 0 aliphatic carbocycles. The Bertz CT molecular complexity index is 780. The van der Waals surface area contributed by atoms with E-state index in [0.717, 1.165) is 50.1 Å². The summed E-state index contributed by atoms with van der Waals surface area (Å²) >= 11 is 5.89. The molecule has 1 heterocycles. The zero-order valence-corrected chi connectivity index (χ0v) is 15.6. The highest BCUT2D eigenvalue weighted by Gasteiger charge is 2.24. The van der Waals surface area contributed by atoms with Crippen LogP contribution < -0.4 is 0 Å². The first-order valence-electron chi connectivity index (χ1n) is 8.92. The Morgan fingerprint density at radius 3 is 2.85 bits per heavy atom. The van der Waals surface area contributed by atoms with E-state index in [9.17, 15) is 9.18 Å². The van der Waals surface area contributed by atoms with Crippen LogP contribution in [0, 0.1) is 11.7 Å². The number of halogens is 2. The van der Waals surface area contributed by atoms with Gasteiger partial charge in [0.1, 0.15) is 5.82 Å². The van der Waals surface area contributed by atoms with Crippen molar-refractivity contribution < 1.29 is 13.9 Å². The summed E-state index contributed by atoms with van der Waals surface area (Å²) in [5, 5.41) is 0.0799. The number of ether oxygens (including phenoxy) is 1. The predicted octanol–water partition coefficient (Wildman–Crippen LogP) is 5.03. The van der Waals surface area contributed by atoms with Gasteiger partial charge in [0.25, 0.3) is 5.91 Å². The molecule has 3 rings (SSSR count). The smallest absolute Gasteiger partial charge is 0.253 e. The minimum absolute atomic E-state index is 0.0437. The van der Waals surface area contributed by atoms with Crippen molar-refractivity contribution >= 4 is 17.5 Å².